The molecule has 51 heavy (non-hydrogen) atoms. The number of benzene rings is 2. The van der Waals surface area contributed by atoms with Crippen LogP contribution in [0, 0.1) is 0 Å². The molecule has 2 fully saturated rings. The third-order valence-corrected chi connectivity index (χ3v) is 11.3. The summed E-state index contributed by atoms with van der Waals surface area (Å²) in [6.07, 6.45) is 0.765. The quantitative estimate of drug-likeness (QED) is 0.0477. The number of thioether (sulfide) groups is 2. The summed E-state index contributed by atoms with van der Waals surface area (Å²) in [5.74, 6) is -1.52. The standard InChI is InChI=1S/C33H30N8O7S3/c1-40-29(45)27(43)37-38-33(40)51-15-19-14-49-30-23(36-26(42)22(39-48-20-12-13-20)21-16-50-32(34)35-21)28(44)41(30)24(19)31(46)47-25(17-8-4-2-5-9-17)18-10-6-3-7-11-18/h2-11,16,20,23,25,30H,12-15H2,1H3,(H2,34,35)(H,36,42)(H,37,43)/b39-22+/t23-,30-/m1/s1. The number of H-pyrrole nitrogens is 1. The molecule has 1 saturated carbocycles. The number of rotatable bonds is 12. The van der Waals surface area contributed by atoms with Crippen molar-refractivity contribution in [3.8, 4) is 0 Å². The number of carbonyl (C=O) groups is 3. The number of amides is 2. The van der Waals surface area contributed by atoms with E-state index in [1.807, 2.05) is 60.7 Å². The topological polar surface area (TPSA) is 204 Å². The number of fused-ring (bicyclic) bond motifs is 1. The number of aromatic nitrogens is 4. The van der Waals surface area contributed by atoms with Gasteiger partial charge in [-0.2, -0.15) is 0 Å². The molecule has 4 aromatic rings. The minimum atomic E-state index is -0.998. The summed E-state index contributed by atoms with van der Waals surface area (Å²) in [6, 6.07) is 17.5. The van der Waals surface area contributed by atoms with Gasteiger partial charge in [0.25, 0.3) is 11.8 Å². The molecule has 3 aliphatic rings. The minimum Gasteiger partial charge on any atom is -0.448 e. The lowest BCUT2D eigenvalue weighted by atomic mass is 10.0. The molecule has 262 valence electrons. The van der Waals surface area contributed by atoms with Gasteiger partial charge in [0.15, 0.2) is 22.1 Å². The van der Waals surface area contributed by atoms with Gasteiger partial charge in [0.2, 0.25) is 0 Å². The highest BCUT2D eigenvalue weighted by Gasteiger charge is 2.55. The third-order valence-electron chi connectivity index (χ3n) is 8.17. The number of esters is 1. The van der Waals surface area contributed by atoms with E-state index < -0.39 is 46.4 Å². The molecule has 15 nitrogen and oxygen atoms in total. The number of carbonyl (C=O) groups excluding carboxylic acids is 3. The largest absolute Gasteiger partial charge is 0.448 e. The fourth-order valence-electron chi connectivity index (χ4n) is 5.38. The molecule has 0 radical (unpaired) electrons. The average Bonchev–Trinajstić information content (AvgIpc) is 3.89. The number of aromatic amines is 1. The molecule has 4 heterocycles. The van der Waals surface area contributed by atoms with Crippen LogP contribution >= 0.6 is 34.9 Å². The summed E-state index contributed by atoms with van der Waals surface area (Å²) >= 11 is 3.61. The average molecular weight is 747 g/mol. The van der Waals surface area contributed by atoms with Crippen LogP contribution in [0.4, 0.5) is 5.13 Å². The number of nitrogens with one attached hydrogen (secondary N) is 2. The van der Waals surface area contributed by atoms with Crippen molar-refractivity contribution in [2.24, 2.45) is 12.2 Å². The molecule has 7 rings (SSSR count). The lowest BCUT2D eigenvalue weighted by molar-refractivity contribution is -0.154. The smallest absolute Gasteiger partial charge is 0.356 e. The normalized spacial score (nSPS) is 18.7. The van der Waals surface area contributed by atoms with Crippen LogP contribution in [0.2, 0.25) is 0 Å². The first-order valence-electron chi connectivity index (χ1n) is 15.7. The van der Waals surface area contributed by atoms with Gasteiger partial charge in [-0.25, -0.2) is 14.9 Å². The first-order valence-corrected chi connectivity index (χ1v) is 18.6. The second kappa shape index (κ2) is 14.6. The number of nitrogens with zero attached hydrogens (tertiary/aromatic N) is 5. The van der Waals surface area contributed by atoms with E-state index in [1.54, 1.807) is 5.38 Å². The minimum absolute atomic E-state index is 0.0336. The first kappa shape index (κ1) is 34.3. The summed E-state index contributed by atoms with van der Waals surface area (Å²) in [5, 5.41) is 14.4. The van der Waals surface area contributed by atoms with Crippen molar-refractivity contribution >= 4 is 63.5 Å². The lowest BCUT2D eigenvalue weighted by Gasteiger charge is -2.49. The van der Waals surface area contributed by atoms with Gasteiger partial charge in [0, 0.05) is 23.9 Å². The Morgan fingerprint density at radius 2 is 1.78 bits per heavy atom. The summed E-state index contributed by atoms with van der Waals surface area (Å²) < 4.78 is 7.32. The Bertz CT molecular complexity index is 2130. The van der Waals surface area contributed by atoms with Crippen LogP contribution in [0.1, 0.15) is 35.8 Å². The Morgan fingerprint density at radius 1 is 1.10 bits per heavy atom. The Labute approximate surface area is 302 Å². The molecule has 2 atom stereocenters. The number of anilines is 1. The highest BCUT2D eigenvalue weighted by atomic mass is 32.2. The van der Waals surface area contributed by atoms with Crippen LogP contribution in [0.15, 0.2) is 97.2 Å². The van der Waals surface area contributed by atoms with Crippen LogP contribution in [0.3, 0.4) is 0 Å². The number of hydrogen-bond donors (Lipinski definition) is 3. The molecule has 0 spiro atoms. The summed E-state index contributed by atoms with van der Waals surface area (Å²) in [6.45, 7) is 0. The van der Waals surface area contributed by atoms with Crippen LogP contribution in [0.5, 0.6) is 0 Å². The molecule has 0 unspecified atom stereocenters. The van der Waals surface area contributed by atoms with E-state index in [0.717, 1.165) is 51.6 Å². The van der Waals surface area contributed by atoms with Gasteiger partial charge in [-0.15, -0.1) is 28.2 Å². The van der Waals surface area contributed by atoms with Crippen LogP contribution in [0.25, 0.3) is 0 Å². The number of nitrogen functional groups attached to an aromatic ring is 1. The van der Waals surface area contributed by atoms with E-state index in [4.69, 9.17) is 15.3 Å². The van der Waals surface area contributed by atoms with E-state index in [1.165, 1.54) is 23.7 Å². The maximum absolute atomic E-state index is 14.3. The Kier molecular flexibility index (Phi) is 9.79. The SMILES string of the molecule is Cn1c(SCC2=C(C(=O)OC(c3ccccc3)c3ccccc3)N3C(=O)[C@@H](NC(=O)/C(=N/OC4CC4)c4csc(N)n4)[C@H]3SC2)n[nH]c(=O)c1=O. The molecule has 1 aliphatic carbocycles. The molecule has 0 bridgehead atoms. The molecule has 2 amide bonds. The van der Waals surface area contributed by atoms with Gasteiger partial charge in [0.05, 0.1) is 0 Å². The number of ether oxygens (including phenoxy) is 1. The Morgan fingerprint density at radius 3 is 2.41 bits per heavy atom. The van der Waals surface area contributed by atoms with Crippen molar-refractivity contribution in [3.05, 3.63) is 115 Å². The van der Waals surface area contributed by atoms with Gasteiger partial charge in [0.1, 0.15) is 28.9 Å². The molecule has 2 aromatic carbocycles. The molecule has 2 aliphatic heterocycles. The van der Waals surface area contributed by atoms with Crippen molar-refractivity contribution in [1.29, 1.82) is 0 Å². The molecular formula is C33H30N8O7S3. The van der Waals surface area contributed by atoms with E-state index in [9.17, 15) is 24.0 Å². The summed E-state index contributed by atoms with van der Waals surface area (Å²) in [5.41, 5.74) is 6.31. The molecule has 4 N–H and O–H groups in total. The monoisotopic (exact) mass is 746 g/mol. The van der Waals surface area contributed by atoms with Crippen molar-refractivity contribution in [1.82, 2.24) is 30.0 Å². The maximum atomic E-state index is 14.3. The predicted octanol–water partition coefficient (Wildman–Crippen LogP) is 2.17. The van der Waals surface area contributed by atoms with Gasteiger partial charge in [-0.1, -0.05) is 77.6 Å². The van der Waals surface area contributed by atoms with E-state index in [-0.39, 0.29) is 45.0 Å². The summed E-state index contributed by atoms with van der Waals surface area (Å²) in [7, 11) is 1.42. The van der Waals surface area contributed by atoms with Crippen LogP contribution in [-0.2, 0) is 31.0 Å². The Balaban J connectivity index is 1.18. The Hall–Kier alpha value is -5.20. The molecule has 2 aromatic heterocycles. The lowest BCUT2D eigenvalue weighted by Crippen LogP contribution is -2.71. The first-order chi connectivity index (χ1) is 24.7. The van der Waals surface area contributed by atoms with Crippen molar-refractivity contribution in [2.75, 3.05) is 17.2 Å². The number of nitrogens with two attached hydrogens (primary N) is 1. The highest BCUT2D eigenvalue weighted by Crippen LogP contribution is 2.43. The molecule has 18 heteroatoms. The molecule has 1 saturated heterocycles. The predicted molar refractivity (Wildman–Crippen MR) is 191 cm³/mol. The highest BCUT2D eigenvalue weighted by molar-refractivity contribution is 8.01. The zero-order chi connectivity index (χ0) is 35.6. The van der Waals surface area contributed by atoms with Crippen LogP contribution < -0.4 is 22.2 Å². The van der Waals surface area contributed by atoms with Gasteiger partial charge >= 0.3 is 17.1 Å². The van der Waals surface area contributed by atoms with Gasteiger partial charge in [-0.05, 0) is 29.5 Å². The summed E-state index contributed by atoms with van der Waals surface area (Å²) in [4.78, 5) is 76.8. The van der Waals surface area contributed by atoms with Crippen LogP contribution in [-0.4, -0.2) is 77.2 Å². The van der Waals surface area contributed by atoms with Gasteiger partial charge in [-0.3, -0.25) is 28.6 Å². The van der Waals surface area contributed by atoms with Gasteiger partial charge < -0.3 is 20.6 Å². The number of hydrogen-bond acceptors (Lipinski definition) is 14. The van der Waals surface area contributed by atoms with Crippen molar-refractivity contribution in [3.63, 3.8) is 0 Å². The fourth-order valence-corrected chi connectivity index (χ4v) is 8.33. The zero-order valence-corrected chi connectivity index (χ0v) is 29.3. The number of β-lactam (4-membered cyclic amide) rings is 1. The molecular weight excluding hydrogens is 717 g/mol. The van der Waals surface area contributed by atoms with E-state index in [2.05, 4.69) is 25.7 Å². The van der Waals surface area contributed by atoms with E-state index >= 15 is 0 Å². The number of oxime groups is 1. The second-order valence-corrected chi connectivity index (χ2v) is 14.7. The number of thiazole rings is 1. The second-order valence-electron chi connectivity index (χ2n) is 11.7. The van der Waals surface area contributed by atoms with E-state index in [0.29, 0.717) is 5.57 Å². The third kappa shape index (κ3) is 7.19. The zero-order valence-electron chi connectivity index (χ0n) is 26.9. The van der Waals surface area contributed by atoms with Crippen molar-refractivity contribution in [2.45, 2.75) is 41.6 Å². The maximum Gasteiger partial charge on any atom is 0.356 e. The van der Waals surface area contributed by atoms with Crippen molar-refractivity contribution < 1.29 is 24.0 Å². The fraction of sp³-hybridized carbons (Fsp3) is 0.273.